The molecule has 0 atom stereocenters. The fourth-order valence-corrected chi connectivity index (χ4v) is 2.44. The van der Waals surface area contributed by atoms with Gasteiger partial charge in [0, 0.05) is 17.3 Å². The molecule has 1 N–H and O–H groups in total. The summed E-state index contributed by atoms with van der Waals surface area (Å²) in [5.41, 5.74) is 3.19. The van der Waals surface area contributed by atoms with Crippen molar-refractivity contribution in [3.05, 3.63) is 59.9 Å². The summed E-state index contributed by atoms with van der Waals surface area (Å²) in [6.07, 6.45) is 0.441. The monoisotopic (exact) mass is 267 g/mol. The number of hydrogen-bond donors (Lipinski definition) is 1. The highest BCUT2D eigenvalue weighted by atomic mass is 19.1. The van der Waals surface area contributed by atoms with Crippen LogP contribution in [0.5, 0.6) is 0 Å². The van der Waals surface area contributed by atoms with Crippen LogP contribution >= 0.6 is 0 Å². The van der Waals surface area contributed by atoms with Crippen molar-refractivity contribution < 1.29 is 9.18 Å². The predicted molar refractivity (Wildman–Crippen MR) is 78.3 cm³/mol. The second kappa shape index (κ2) is 4.93. The Labute approximate surface area is 116 Å². The molecule has 3 rings (SSSR count). The van der Waals surface area contributed by atoms with Crippen LogP contribution in [0.1, 0.15) is 23.7 Å². The quantitative estimate of drug-likeness (QED) is 0.693. The molecule has 100 valence electrons. The number of ketones is 1. The third-order valence-corrected chi connectivity index (χ3v) is 3.44. The van der Waals surface area contributed by atoms with Gasteiger partial charge in [0.1, 0.15) is 5.82 Å². The van der Waals surface area contributed by atoms with E-state index in [1.54, 1.807) is 12.1 Å². The SMILES string of the molecule is CCC(=O)c1c(-c2ccc(F)cc2)[nH]c2ccccc12. The van der Waals surface area contributed by atoms with Crippen molar-refractivity contribution in [2.45, 2.75) is 13.3 Å². The average Bonchev–Trinajstić information content (AvgIpc) is 2.86. The van der Waals surface area contributed by atoms with Crippen LogP contribution in [0.15, 0.2) is 48.5 Å². The molecule has 0 spiro atoms. The van der Waals surface area contributed by atoms with Gasteiger partial charge in [-0.15, -0.1) is 0 Å². The van der Waals surface area contributed by atoms with Gasteiger partial charge in [-0.2, -0.15) is 0 Å². The van der Waals surface area contributed by atoms with E-state index >= 15 is 0 Å². The molecule has 1 aromatic heterocycles. The zero-order valence-electron chi connectivity index (χ0n) is 11.1. The van der Waals surface area contributed by atoms with Crippen molar-refractivity contribution in [3.8, 4) is 11.3 Å². The number of carbonyl (C=O) groups excluding carboxylic acids is 1. The van der Waals surface area contributed by atoms with E-state index in [-0.39, 0.29) is 11.6 Å². The third kappa shape index (κ3) is 2.01. The number of hydrogen-bond acceptors (Lipinski definition) is 1. The maximum absolute atomic E-state index is 13.1. The third-order valence-electron chi connectivity index (χ3n) is 3.44. The molecule has 0 radical (unpaired) electrons. The molecule has 0 aliphatic rings. The number of benzene rings is 2. The number of carbonyl (C=O) groups is 1. The number of halogens is 1. The Bertz CT molecular complexity index is 771. The van der Waals surface area contributed by atoms with Crippen molar-refractivity contribution >= 4 is 16.7 Å². The minimum atomic E-state index is -0.284. The van der Waals surface area contributed by atoms with Gasteiger partial charge in [-0.05, 0) is 35.9 Å². The Balaban J connectivity index is 2.29. The van der Waals surface area contributed by atoms with Gasteiger partial charge in [-0.3, -0.25) is 4.79 Å². The van der Waals surface area contributed by atoms with Crippen molar-refractivity contribution in [1.82, 2.24) is 4.98 Å². The summed E-state index contributed by atoms with van der Waals surface area (Å²) in [5, 5.41) is 0.915. The number of H-pyrrole nitrogens is 1. The fraction of sp³-hybridized carbons (Fsp3) is 0.118. The van der Waals surface area contributed by atoms with Crippen LogP contribution in [0.4, 0.5) is 4.39 Å². The molecule has 0 unspecified atom stereocenters. The molecule has 0 saturated heterocycles. The summed E-state index contributed by atoms with van der Waals surface area (Å²) < 4.78 is 13.1. The lowest BCUT2D eigenvalue weighted by Gasteiger charge is -2.03. The van der Waals surface area contributed by atoms with E-state index in [9.17, 15) is 9.18 Å². The first-order valence-corrected chi connectivity index (χ1v) is 6.60. The van der Waals surface area contributed by atoms with E-state index < -0.39 is 0 Å². The highest BCUT2D eigenvalue weighted by Crippen LogP contribution is 2.31. The molecule has 0 aliphatic heterocycles. The molecule has 20 heavy (non-hydrogen) atoms. The Morgan fingerprint density at radius 1 is 1.10 bits per heavy atom. The fourth-order valence-electron chi connectivity index (χ4n) is 2.44. The minimum absolute atomic E-state index is 0.0850. The zero-order chi connectivity index (χ0) is 14.1. The Morgan fingerprint density at radius 3 is 2.50 bits per heavy atom. The minimum Gasteiger partial charge on any atom is -0.354 e. The summed E-state index contributed by atoms with van der Waals surface area (Å²) in [5.74, 6) is -0.199. The Morgan fingerprint density at radius 2 is 1.80 bits per heavy atom. The van der Waals surface area contributed by atoms with E-state index in [0.29, 0.717) is 12.0 Å². The predicted octanol–water partition coefficient (Wildman–Crippen LogP) is 4.57. The number of Topliss-reactive ketones (excluding diaryl/α,β-unsaturated/α-hetero) is 1. The molecule has 0 bridgehead atoms. The molecule has 2 nitrogen and oxygen atoms in total. The largest absolute Gasteiger partial charge is 0.354 e. The Hall–Kier alpha value is -2.42. The van der Waals surface area contributed by atoms with Crippen molar-refractivity contribution in [2.24, 2.45) is 0 Å². The van der Waals surface area contributed by atoms with E-state index in [1.165, 1.54) is 12.1 Å². The van der Waals surface area contributed by atoms with Gasteiger partial charge in [-0.1, -0.05) is 25.1 Å². The van der Waals surface area contributed by atoms with Crippen LogP contribution < -0.4 is 0 Å². The molecule has 0 aliphatic carbocycles. The molecule has 1 heterocycles. The molecular weight excluding hydrogens is 253 g/mol. The van der Waals surface area contributed by atoms with E-state index in [0.717, 1.165) is 22.2 Å². The number of aromatic nitrogens is 1. The van der Waals surface area contributed by atoms with Gasteiger partial charge in [-0.25, -0.2) is 4.39 Å². The maximum Gasteiger partial charge on any atom is 0.165 e. The average molecular weight is 267 g/mol. The molecule has 3 aromatic rings. The summed E-state index contributed by atoms with van der Waals surface area (Å²) >= 11 is 0. The van der Waals surface area contributed by atoms with Crippen LogP contribution in [0.2, 0.25) is 0 Å². The number of para-hydroxylation sites is 1. The van der Waals surface area contributed by atoms with Gasteiger partial charge < -0.3 is 4.98 Å². The highest BCUT2D eigenvalue weighted by Gasteiger charge is 2.17. The normalized spacial score (nSPS) is 10.9. The smallest absolute Gasteiger partial charge is 0.165 e. The molecule has 3 heteroatoms. The lowest BCUT2D eigenvalue weighted by atomic mass is 10.0. The van der Waals surface area contributed by atoms with E-state index in [4.69, 9.17) is 0 Å². The van der Waals surface area contributed by atoms with Crippen LogP contribution in [0.25, 0.3) is 22.2 Å². The number of fused-ring (bicyclic) bond motifs is 1. The first-order chi connectivity index (χ1) is 9.70. The van der Waals surface area contributed by atoms with E-state index in [1.807, 2.05) is 31.2 Å². The second-order valence-electron chi connectivity index (χ2n) is 4.70. The van der Waals surface area contributed by atoms with Gasteiger partial charge in [0.15, 0.2) is 5.78 Å². The molecular formula is C17H14FNO. The highest BCUT2D eigenvalue weighted by molar-refractivity contribution is 6.13. The van der Waals surface area contributed by atoms with Crippen LogP contribution in [-0.2, 0) is 0 Å². The number of aromatic amines is 1. The first-order valence-electron chi connectivity index (χ1n) is 6.60. The molecule has 0 saturated carbocycles. The zero-order valence-corrected chi connectivity index (χ0v) is 11.1. The summed E-state index contributed by atoms with van der Waals surface area (Å²) in [4.78, 5) is 15.5. The maximum atomic E-state index is 13.1. The van der Waals surface area contributed by atoms with Crippen molar-refractivity contribution in [2.75, 3.05) is 0 Å². The van der Waals surface area contributed by atoms with Crippen LogP contribution in [-0.4, -0.2) is 10.8 Å². The summed E-state index contributed by atoms with van der Waals surface area (Å²) in [6.45, 7) is 1.85. The van der Waals surface area contributed by atoms with Crippen molar-refractivity contribution in [1.29, 1.82) is 0 Å². The van der Waals surface area contributed by atoms with Crippen LogP contribution in [0.3, 0.4) is 0 Å². The van der Waals surface area contributed by atoms with Gasteiger partial charge in [0.05, 0.1) is 11.3 Å². The number of nitrogens with one attached hydrogen (secondary N) is 1. The molecule has 2 aromatic carbocycles. The standard InChI is InChI=1S/C17H14FNO/c1-2-15(20)16-13-5-3-4-6-14(13)19-17(16)11-7-9-12(18)10-8-11/h3-10,19H,2H2,1H3. The topological polar surface area (TPSA) is 32.9 Å². The van der Waals surface area contributed by atoms with Crippen molar-refractivity contribution in [3.63, 3.8) is 0 Å². The molecule has 0 amide bonds. The lowest BCUT2D eigenvalue weighted by molar-refractivity contribution is 0.0990. The lowest BCUT2D eigenvalue weighted by Crippen LogP contribution is -1.98. The van der Waals surface area contributed by atoms with Gasteiger partial charge in [0.2, 0.25) is 0 Å². The molecule has 0 fully saturated rings. The number of rotatable bonds is 3. The summed E-state index contributed by atoms with van der Waals surface area (Å²) in [7, 11) is 0. The van der Waals surface area contributed by atoms with E-state index in [2.05, 4.69) is 4.98 Å². The van der Waals surface area contributed by atoms with Crippen LogP contribution in [0, 0.1) is 5.82 Å². The van der Waals surface area contributed by atoms with Gasteiger partial charge >= 0.3 is 0 Å². The van der Waals surface area contributed by atoms with Gasteiger partial charge in [0.25, 0.3) is 0 Å². The second-order valence-corrected chi connectivity index (χ2v) is 4.70. The Kier molecular flexibility index (Phi) is 3.11. The summed E-state index contributed by atoms with van der Waals surface area (Å²) in [6, 6.07) is 13.9. The first kappa shape index (κ1) is 12.6.